The number of esters is 2. The maximum atomic E-state index is 14.2. The number of methoxy groups -OCH3 is 1. The lowest BCUT2D eigenvalue weighted by Gasteiger charge is -2.49. The lowest BCUT2D eigenvalue weighted by molar-refractivity contribution is -0.155. The summed E-state index contributed by atoms with van der Waals surface area (Å²) >= 11 is 2.10. The third-order valence-electron chi connectivity index (χ3n) is 10.8. The first-order valence-corrected chi connectivity index (χ1v) is 25.2. The summed E-state index contributed by atoms with van der Waals surface area (Å²) in [5.74, 6) is -2.91. The number of thiazole rings is 1. The van der Waals surface area contributed by atoms with Crippen molar-refractivity contribution < 1.29 is 62.0 Å². The number of carbonyl (C=O) groups is 7. The van der Waals surface area contributed by atoms with Crippen LogP contribution < -0.4 is 21.3 Å². The lowest BCUT2D eigenvalue weighted by atomic mass is 10.0. The Balaban J connectivity index is 1.05. The number of fused-ring (bicyclic) bond motifs is 1. The average Bonchev–Trinajstić information content (AvgIpc) is 3.83. The predicted octanol–water partition coefficient (Wildman–Crippen LogP) is 8.07. The van der Waals surface area contributed by atoms with Gasteiger partial charge in [-0.25, -0.2) is 29.0 Å². The summed E-state index contributed by atoms with van der Waals surface area (Å²) < 4.78 is 33.9. The maximum Gasteiger partial charge on any atom is 0.413 e. The summed E-state index contributed by atoms with van der Waals surface area (Å²) in [6.07, 6.45) is -4.79. The molecular weight excluding hydrogens is 993 g/mol. The number of nitrogens with one attached hydrogen (secondary N) is 4. The highest BCUT2D eigenvalue weighted by molar-refractivity contribution is 8.00. The summed E-state index contributed by atoms with van der Waals surface area (Å²) in [4.78, 5) is 101. The Morgan fingerprint density at radius 2 is 1.18 bits per heavy atom. The van der Waals surface area contributed by atoms with E-state index in [1.165, 1.54) is 29.2 Å². The molecular formula is C53H56N6O13S2. The molecule has 0 saturated carbocycles. The first-order chi connectivity index (χ1) is 35.3. The zero-order chi connectivity index (χ0) is 53.2. The summed E-state index contributed by atoms with van der Waals surface area (Å²) in [7, 11) is 1.38. The van der Waals surface area contributed by atoms with Gasteiger partial charge in [-0.3, -0.25) is 19.8 Å². The molecule has 2 aliphatic heterocycles. The molecule has 4 atom stereocenters. The van der Waals surface area contributed by atoms with Crippen molar-refractivity contribution in [2.75, 3.05) is 24.8 Å². The number of hydrogen-bond donors (Lipinski definition) is 4. The van der Waals surface area contributed by atoms with E-state index in [4.69, 9.17) is 28.4 Å². The number of hydrogen-bond acceptors (Lipinski definition) is 16. The van der Waals surface area contributed by atoms with E-state index < -0.39 is 95.5 Å². The van der Waals surface area contributed by atoms with Gasteiger partial charge in [-0.2, -0.15) is 0 Å². The molecule has 1 saturated heterocycles. The molecule has 2 unspecified atom stereocenters. The number of nitrogens with zero attached hydrogens (tertiary/aromatic N) is 2. The van der Waals surface area contributed by atoms with Crippen LogP contribution in [0, 0.1) is 0 Å². The van der Waals surface area contributed by atoms with Crippen LogP contribution in [0.5, 0.6) is 0 Å². The summed E-state index contributed by atoms with van der Waals surface area (Å²) in [6.45, 7) is 9.09. The zero-order valence-corrected chi connectivity index (χ0v) is 43.2. The highest BCUT2D eigenvalue weighted by Crippen LogP contribution is 2.42. The molecule has 1 fully saturated rings. The number of aromatic nitrogens is 1. The SMILES string of the molecule is COC1=C(C(=O)OC(c2ccccc2)c2ccccc2)N2C(=O)[C@@H](NC(=O)C(NC(=O)OC(C)(C)C)c3csc(NC(=O)OCC(NC(=O)OC(C)(C)C)C(=O)OC(c4ccccc4)c4ccccc4)n3)[C@H]2SC1. The van der Waals surface area contributed by atoms with E-state index in [-0.39, 0.29) is 28.0 Å². The Hall–Kier alpha value is -7.91. The summed E-state index contributed by atoms with van der Waals surface area (Å²) in [6, 6.07) is 31.8. The van der Waals surface area contributed by atoms with Gasteiger partial charge in [0.15, 0.2) is 35.1 Å². The molecule has 21 heteroatoms. The Morgan fingerprint density at radius 3 is 1.66 bits per heavy atom. The van der Waals surface area contributed by atoms with E-state index in [2.05, 4.69) is 26.3 Å². The third-order valence-corrected chi connectivity index (χ3v) is 12.9. The van der Waals surface area contributed by atoms with Crippen LogP contribution in [0.4, 0.5) is 19.5 Å². The number of ether oxygens (including phenoxy) is 6. The molecule has 388 valence electrons. The highest BCUT2D eigenvalue weighted by atomic mass is 32.2. The van der Waals surface area contributed by atoms with Crippen LogP contribution in [0.15, 0.2) is 138 Å². The van der Waals surface area contributed by atoms with Crippen LogP contribution in [0.2, 0.25) is 0 Å². The lowest BCUT2D eigenvalue weighted by Crippen LogP contribution is -2.71. The number of carbonyl (C=O) groups excluding carboxylic acids is 7. The van der Waals surface area contributed by atoms with Crippen molar-refractivity contribution in [3.63, 3.8) is 0 Å². The van der Waals surface area contributed by atoms with Crippen molar-refractivity contribution in [2.24, 2.45) is 0 Å². The molecule has 3 heterocycles. The Morgan fingerprint density at radius 1 is 0.689 bits per heavy atom. The van der Waals surface area contributed by atoms with Gasteiger partial charge in [0.05, 0.1) is 18.6 Å². The molecule has 7 rings (SSSR count). The highest BCUT2D eigenvalue weighted by Gasteiger charge is 2.56. The third kappa shape index (κ3) is 14.0. The van der Waals surface area contributed by atoms with Crippen molar-refractivity contribution in [1.82, 2.24) is 25.8 Å². The fourth-order valence-electron chi connectivity index (χ4n) is 7.58. The fourth-order valence-corrected chi connectivity index (χ4v) is 9.61. The van der Waals surface area contributed by atoms with Gasteiger partial charge in [-0.05, 0) is 63.8 Å². The summed E-state index contributed by atoms with van der Waals surface area (Å²) in [5, 5.41) is 10.6. The minimum absolute atomic E-state index is 0.0619. The van der Waals surface area contributed by atoms with Gasteiger partial charge < -0.3 is 44.4 Å². The van der Waals surface area contributed by atoms with Crippen LogP contribution in [-0.2, 0) is 47.6 Å². The van der Waals surface area contributed by atoms with Crippen molar-refractivity contribution in [2.45, 2.75) is 88.5 Å². The van der Waals surface area contributed by atoms with E-state index in [1.807, 2.05) is 72.8 Å². The van der Waals surface area contributed by atoms with E-state index >= 15 is 0 Å². The van der Waals surface area contributed by atoms with Gasteiger partial charge in [0.2, 0.25) is 5.91 Å². The largest absolute Gasteiger partial charge is 0.498 e. The van der Waals surface area contributed by atoms with Gasteiger partial charge in [-0.1, -0.05) is 121 Å². The number of amides is 5. The minimum atomic E-state index is -1.57. The smallest absolute Gasteiger partial charge is 0.413 e. The normalized spacial score (nSPS) is 16.1. The van der Waals surface area contributed by atoms with E-state index in [9.17, 15) is 33.6 Å². The summed E-state index contributed by atoms with van der Waals surface area (Å²) in [5.41, 5.74) is 0.598. The molecule has 0 spiro atoms. The molecule has 2 aliphatic rings. The van der Waals surface area contributed by atoms with Gasteiger partial charge >= 0.3 is 30.2 Å². The van der Waals surface area contributed by atoms with Gasteiger partial charge in [0.1, 0.15) is 35.0 Å². The second-order valence-electron chi connectivity index (χ2n) is 18.7. The Labute approximate surface area is 435 Å². The quantitative estimate of drug-likeness (QED) is 0.0391. The first kappa shape index (κ1) is 53.9. The average molecular weight is 1050 g/mol. The number of β-lactam (4-membered cyclic amide) rings is 1. The number of rotatable bonds is 17. The fraction of sp³-hybridized carbons (Fsp3) is 0.321. The molecule has 4 N–H and O–H groups in total. The van der Waals surface area contributed by atoms with E-state index in [1.54, 1.807) is 90.1 Å². The van der Waals surface area contributed by atoms with Gasteiger partial charge in [0.25, 0.3) is 5.91 Å². The second-order valence-corrected chi connectivity index (χ2v) is 20.7. The molecule has 5 amide bonds. The molecule has 74 heavy (non-hydrogen) atoms. The number of anilines is 1. The zero-order valence-electron chi connectivity index (χ0n) is 41.5. The first-order valence-electron chi connectivity index (χ1n) is 23.3. The molecule has 19 nitrogen and oxygen atoms in total. The molecule has 5 aromatic rings. The van der Waals surface area contributed by atoms with Gasteiger partial charge in [0, 0.05) is 5.38 Å². The number of thioether (sulfide) groups is 1. The minimum Gasteiger partial charge on any atom is -0.498 e. The topological polar surface area (TPSA) is 239 Å². The van der Waals surface area contributed by atoms with Crippen molar-refractivity contribution >= 4 is 70.3 Å². The van der Waals surface area contributed by atoms with E-state index in [0.717, 1.165) is 11.3 Å². The monoisotopic (exact) mass is 1050 g/mol. The van der Waals surface area contributed by atoms with Gasteiger partial charge in [-0.15, -0.1) is 23.1 Å². The van der Waals surface area contributed by atoms with E-state index in [0.29, 0.717) is 22.3 Å². The van der Waals surface area contributed by atoms with Crippen molar-refractivity contribution in [3.8, 4) is 0 Å². The molecule has 0 radical (unpaired) electrons. The number of benzene rings is 4. The van der Waals surface area contributed by atoms with Crippen LogP contribution in [0.3, 0.4) is 0 Å². The number of alkyl carbamates (subject to hydrolysis) is 2. The van der Waals surface area contributed by atoms with Crippen LogP contribution >= 0.6 is 23.1 Å². The molecule has 1 aromatic heterocycles. The maximum absolute atomic E-state index is 14.2. The van der Waals surface area contributed by atoms with Crippen molar-refractivity contribution in [1.29, 1.82) is 0 Å². The second kappa shape index (κ2) is 23.8. The predicted molar refractivity (Wildman–Crippen MR) is 273 cm³/mol. The Bertz CT molecular complexity index is 2760. The standard InChI is InChI=1S/C53H56N6O13S2/c1-52(2,3)71-50(65)55-35(46(62)69-41(31-20-12-8-13-21-31)32-22-14-9-15-23-32)28-68-49(64)58-48-54-36(29-74-48)38(57-51(66)72-53(4,5)6)43(60)56-39-44(61)59-40(37(67-7)30-73-45(39)59)47(63)70-42(33-24-16-10-17-25-33)34-26-18-11-19-27-34/h8-27,29,35,38-39,41-42,45H,28,30H2,1-7H3,(H,55,65)(H,56,60)(H,57,66)(H,54,58,64)/t35?,38?,39-,45-/m1/s1. The van der Waals surface area contributed by atoms with Crippen LogP contribution in [0.25, 0.3) is 0 Å². The van der Waals surface area contributed by atoms with Crippen LogP contribution in [-0.4, -0.2) is 100 Å². The molecule has 0 bridgehead atoms. The molecule has 0 aliphatic carbocycles. The van der Waals surface area contributed by atoms with Crippen molar-refractivity contribution in [3.05, 3.63) is 166 Å². The van der Waals surface area contributed by atoms with Crippen LogP contribution in [0.1, 0.15) is 87.7 Å². The molecule has 4 aromatic carbocycles. The Kier molecular flexibility index (Phi) is 17.3.